The highest BCUT2D eigenvalue weighted by Gasteiger charge is 2.26. The minimum atomic E-state index is -0.348. The number of nitrogens with zero attached hydrogens (tertiary/aromatic N) is 3. The summed E-state index contributed by atoms with van der Waals surface area (Å²) < 4.78 is 26.5. The summed E-state index contributed by atoms with van der Waals surface area (Å²) in [4.78, 5) is 20.7. The summed E-state index contributed by atoms with van der Waals surface area (Å²) in [5, 5.41) is 2.92. The average Bonchev–Trinajstić information content (AvgIpc) is 2.80. The van der Waals surface area contributed by atoms with Gasteiger partial charge in [0, 0.05) is 31.9 Å². The Hall–Kier alpha value is -3.48. The number of benzene rings is 2. The Balaban J connectivity index is 1.32. The maximum Gasteiger partial charge on any atom is 0.321 e. The first kappa shape index (κ1) is 20.8. The fraction of sp³-hybridized carbons (Fsp3) is 0.250. The zero-order valence-corrected chi connectivity index (χ0v) is 17.3. The van der Waals surface area contributed by atoms with Crippen molar-refractivity contribution in [3.63, 3.8) is 0 Å². The molecular formula is C24H24F2N4O. The van der Waals surface area contributed by atoms with Gasteiger partial charge < -0.3 is 15.1 Å². The van der Waals surface area contributed by atoms with Gasteiger partial charge in [-0.25, -0.2) is 18.6 Å². The van der Waals surface area contributed by atoms with Crippen LogP contribution in [0.1, 0.15) is 12.8 Å². The lowest BCUT2D eigenvalue weighted by Gasteiger charge is -2.37. The van der Waals surface area contributed by atoms with Gasteiger partial charge in [-0.05, 0) is 60.4 Å². The van der Waals surface area contributed by atoms with Gasteiger partial charge in [-0.15, -0.1) is 0 Å². The van der Waals surface area contributed by atoms with Crippen molar-refractivity contribution in [3.8, 4) is 11.1 Å². The molecule has 1 saturated heterocycles. The Morgan fingerprint density at radius 2 is 1.74 bits per heavy atom. The fourth-order valence-corrected chi connectivity index (χ4v) is 3.83. The molecule has 4 rings (SSSR count). The first-order chi connectivity index (χ1) is 15.0. The maximum atomic E-state index is 13.4. The molecule has 0 atom stereocenters. The number of halogens is 2. The normalized spacial score (nSPS) is 14.4. The summed E-state index contributed by atoms with van der Waals surface area (Å²) in [5.74, 6) is 0.127. The standard InChI is InChI=1S/C24H24F2N4O/c1-29(22-11-13-30(14-12-22)23-10-7-20(26)16-27-23)24(31)28-21-8-5-17(6-9-21)18-3-2-4-19(25)15-18/h2-10,15-16,22H,11-14H2,1H3,(H,28,31). The topological polar surface area (TPSA) is 48.5 Å². The maximum absolute atomic E-state index is 13.4. The molecule has 0 spiro atoms. The summed E-state index contributed by atoms with van der Waals surface area (Å²) in [6.07, 6.45) is 2.84. The molecular weight excluding hydrogens is 398 g/mol. The van der Waals surface area contributed by atoms with E-state index in [2.05, 4.69) is 15.2 Å². The minimum absolute atomic E-state index is 0.114. The number of aromatic nitrogens is 1. The van der Waals surface area contributed by atoms with Crippen molar-refractivity contribution in [1.29, 1.82) is 0 Å². The van der Waals surface area contributed by atoms with E-state index in [-0.39, 0.29) is 23.7 Å². The third-order valence-electron chi connectivity index (χ3n) is 5.66. The van der Waals surface area contributed by atoms with Crippen molar-refractivity contribution in [1.82, 2.24) is 9.88 Å². The van der Waals surface area contributed by atoms with Crippen molar-refractivity contribution >= 4 is 17.5 Å². The summed E-state index contributed by atoms with van der Waals surface area (Å²) in [6, 6.07) is 16.8. The Labute approximate surface area is 180 Å². The largest absolute Gasteiger partial charge is 0.356 e. The first-order valence-electron chi connectivity index (χ1n) is 10.3. The minimum Gasteiger partial charge on any atom is -0.356 e. The second-order valence-electron chi connectivity index (χ2n) is 7.68. The third kappa shape index (κ3) is 4.99. The molecule has 3 aromatic rings. The van der Waals surface area contributed by atoms with Gasteiger partial charge in [-0.2, -0.15) is 0 Å². The predicted octanol–water partition coefficient (Wildman–Crippen LogP) is 5.16. The molecule has 1 aliphatic heterocycles. The highest BCUT2D eigenvalue weighted by molar-refractivity contribution is 5.89. The monoisotopic (exact) mass is 422 g/mol. The second-order valence-corrected chi connectivity index (χ2v) is 7.68. The van der Waals surface area contributed by atoms with Crippen LogP contribution >= 0.6 is 0 Å². The van der Waals surface area contributed by atoms with Crippen molar-refractivity contribution < 1.29 is 13.6 Å². The summed E-state index contributed by atoms with van der Waals surface area (Å²) >= 11 is 0. The second kappa shape index (κ2) is 9.12. The Morgan fingerprint density at radius 3 is 2.39 bits per heavy atom. The van der Waals surface area contributed by atoms with Gasteiger partial charge in [0.15, 0.2) is 0 Å². The summed E-state index contributed by atoms with van der Waals surface area (Å²) in [7, 11) is 1.80. The van der Waals surface area contributed by atoms with Crippen LogP contribution in [0.25, 0.3) is 11.1 Å². The lowest BCUT2D eigenvalue weighted by atomic mass is 10.0. The number of piperidine rings is 1. The van der Waals surface area contributed by atoms with Gasteiger partial charge in [0.2, 0.25) is 0 Å². The Bertz CT molecular complexity index is 1030. The molecule has 160 valence electrons. The van der Waals surface area contributed by atoms with Gasteiger partial charge in [0.25, 0.3) is 0 Å². The lowest BCUT2D eigenvalue weighted by Crippen LogP contribution is -2.47. The van der Waals surface area contributed by atoms with E-state index in [9.17, 15) is 13.6 Å². The van der Waals surface area contributed by atoms with Crippen LogP contribution in [0.3, 0.4) is 0 Å². The van der Waals surface area contributed by atoms with Crippen LogP contribution in [0.5, 0.6) is 0 Å². The van der Waals surface area contributed by atoms with Crippen molar-refractivity contribution in [2.45, 2.75) is 18.9 Å². The van der Waals surface area contributed by atoms with E-state index >= 15 is 0 Å². The number of amides is 2. The smallest absolute Gasteiger partial charge is 0.321 e. The average molecular weight is 422 g/mol. The molecule has 2 amide bonds. The van der Waals surface area contributed by atoms with E-state index < -0.39 is 0 Å². The number of nitrogens with one attached hydrogen (secondary N) is 1. The van der Waals surface area contributed by atoms with Gasteiger partial charge in [0.05, 0.1) is 6.20 Å². The van der Waals surface area contributed by atoms with Crippen LogP contribution < -0.4 is 10.2 Å². The number of hydrogen-bond acceptors (Lipinski definition) is 3. The van der Waals surface area contributed by atoms with Crippen LogP contribution in [0, 0.1) is 11.6 Å². The van der Waals surface area contributed by atoms with Gasteiger partial charge >= 0.3 is 6.03 Å². The Kier molecular flexibility index (Phi) is 6.11. The molecule has 0 aliphatic carbocycles. The molecule has 7 heteroatoms. The fourth-order valence-electron chi connectivity index (χ4n) is 3.83. The van der Waals surface area contributed by atoms with Gasteiger partial charge in [0.1, 0.15) is 17.5 Å². The zero-order chi connectivity index (χ0) is 21.8. The summed E-state index contributed by atoms with van der Waals surface area (Å²) in [6.45, 7) is 1.51. The number of anilines is 2. The number of carbonyl (C=O) groups is 1. The molecule has 2 heterocycles. The van der Waals surface area contributed by atoms with E-state index in [0.29, 0.717) is 5.69 Å². The molecule has 0 radical (unpaired) electrons. The first-order valence-corrected chi connectivity index (χ1v) is 10.3. The van der Waals surface area contributed by atoms with Crippen LogP contribution in [0.15, 0.2) is 66.9 Å². The van der Waals surface area contributed by atoms with Crippen LogP contribution in [-0.4, -0.2) is 42.1 Å². The molecule has 0 unspecified atom stereocenters. The molecule has 0 saturated carbocycles. The van der Waals surface area contributed by atoms with E-state index in [0.717, 1.165) is 42.9 Å². The number of hydrogen-bond donors (Lipinski definition) is 1. The van der Waals surface area contributed by atoms with E-state index in [1.165, 1.54) is 24.4 Å². The highest BCUT2D eigenvalue weighted by Crippen LogP contribution is 2.24. The summed E-state index contributed by atoms with van der Waals surface area (Å²) in [5.41, 5.74) is 2.36. The molecule has 1 aliphatic rings. The predicted molar refractivity (Wildman–Crippen MR) is 118 cm³/mol. The van der Waals surface area contributed by atoms with E-state index in [1.54, 1.807) is 24.1 Å². The number of rotatable bonds is 4. The molecule has 1 aromatic heterocycles. The van der Waals surface area contributed by atoms with Gasteiger partial charge in [-0.1, -0.05) is 24.3 Å². The highest BCUT2D eigenvalue weighted by atomic mass is 19.1. The Morgan fingerprint density at radius 1 is 1.00 bits per heavy atom. The molecule has 1 fully saturated rings. The molecule has 5 nitrogen and oxygen atoms in total. The number of pyridine rings is 1. The van der Waals surface area contributed by atoms with Crippen molar-refractivity contribution in [2.24, 2.45) is 0 Å². The SMILES string of the molecule is CN(C(=O)Nc1ccc(-c2cccc(F)c2)cc1)C1CCN(c2ccc(F)cn2)CC1. The molecule has 0 bridgehead atoms. The number of urea groups is 1. The molecule has 31 heavy (non-hydrogen) atoms. The van der Waals surface area contributed by atoms with Crippen molar-refractivity contribution in [2.75, 3.05) is 30.4 Å². The van der Waals surface area contributed by atoms with Gasteiger partial charge in [-0.3, -0.25) is 0 Å². The van der Waals surface area contributed by atoms with Crippen LogP contribution in [-0.2, 0) is 0 Å². The van der Waals surface area contributed by atoms with Crippen LogP contribution in [0.4, 0.5) is 25.1 Å². The van der Waals surface area contributed by atoms with E-state index in [1.807, 2.05) is 30.3 Å². The molecule has 2 aromatic carbocycles. The molecule has 1 N–H and O–H groups in total. The van der Waals surface area contributed by atoms with Crippen molar-refractivity contribution in [3.05, 3.63) is 78.5 Å². The van der Waals surface area contributed by atoms with Crippen LogP contribution in [0.2, 0.25) is 0 Å². The number of carbonyl (C=O) groups excluding carboxylic acids is 1. The third-order valence-corrected chi connectivity index (χ3v) is 5.66. The lowest BCUT2D eigenvalue weighted by molar-refractivity contribution is 0.193. The van der Waals surface area contributed by atoms with E-state index in [4.69, 9.17) is 0 Å². The quantitative estimate of drug-likeness (QED) is 0.632. The zero-order valence-electron chi connectivity index (χ0n) is 17.3.